The second-order valence-electron chi connectivity index (χ2n) is 10.6. The van der Waals surface area contributed by atoms with Crippen molar-refractivity contribution in [3.63, 3.8) is 0 Å². The standard InChI is InChI=1S/C32H46O2/c1-3-5-7-9-11-13-27-19-21-29(31(27)33)23-25-15-17-26(18-16-25)24-30-22-20-28(32(30)34)14-12-10-8-6-4-2/h15-18,23-24,27-28H,3-14,19-22H2,1-2H3. The number of ketones is 2. The van der Waals surface area contributed by atoms with Crippen LogP contribution >= 0.6 is 0 Å². The first-order valence-corrected chi connectivity index (χ1v) is 14.2. The highest BCUT2D eigenvalue weighted by Gasteiger charge is 2.29. The van der Waals surface area contributed by atoms with E-state index in [-0.39, 0.29) is 11.8 Å². The van der Waals surface area contributed by atoms with E-state index in [0.717, 1.165) is 60.8 Å². The zero-order chi connectivity index (χ0) is 24.2. The van der Waals surface area contributed by atoms with Crippen LogP contribution in [0.15, 0.2) is 35.4 Å². The van der Waals surface area contributed by atoms with Gasteiger partial charge in [0.2, 0.25) is 0 Å². The van der Waals surface area contributed by atoms with Crippen LogP contribution in [0.1, 0.15) is 128 Å². The van der Waals surface area contributed by atoms with Crippen molar-refractivity contribution in [2.75, 3.05) is 0 Å². The Kier molecular flexibility index (Phi) is 11.3. The lowest BCUT2D eigenvalue weighted by molar-refractivity contribution is -0.118. The molecule has 1 aromatic carbocycles. The summed E-state index contributed by atoms with van der Waals surface area (Å²) in [4.78, 5) is 25.6. The highest BCUT2D eigenvalue weighted by atomic mass is 16.1. The number of hydrogen-bond acceptors (Lipinski definition) is 2. The molecule has 2 aliphatic rings. The molecule has 1 aromatic rings. The minimum atomic E-state index is 0.241. The summed E-state index contributed by atoms with van der Waals surface area (Å²) in [6.45, 7) is 4.48. The summed E-state index contributed by atoms with van der Waals surface area (Å²) in [5, 5.41) is 0. The van der Waals surface area contributed by atoms with Gasteiger partial charge in [-0.1, -0.05) is 102 Å². The lowest BCUT2D eigenvalue weighted by Gasteiger charge is -2.07. The lowest BCUT2D eigenvalue weighted by Crippen LogP contribution is -2.07. The first-order valence-electron chi connectivity index (χ1n) is 14.2. The van der Waals surface area contributed by atoms with Crippen molar-refractivity contribution < 1.29 is 9.59 Å². The fraction of sp³-hybridized carbons (Fsp3) is 0.625. The van der Waals surface area contributed by atoms with Crippen LogP contribution in [0, 0.1) is 11.8 Å². The monoisotopic (exact) mass is 462 g/mol. The molecule has 0 spiro atoms. The van der Waals surface area contributed by atoms with Gasteiger partial charge in [0.25, 0.3) is 0 Å². The smallest absolute Gasteiger partial charge is 0.161 e. The number of Topliss-reactive ketones (excluding diaryl/α,β-unsaturated/α-hetero) is 2. The maximum atomic E-state index is 12.8. The number of hydrogen-bond donors (Lipinski definition) is 0. The van der Waals surface area contributed by atoms with Crippen molar-refractivity contribution in [3.05, 3.63) is 46.5 Å². The van der Waals surface area contributed by atoms with E-state index >= 15 is 0 Å². The second kappa shape index (κ2) is 14.4. The molecule has 0 bridgehead atoms. The predicted octanol–water partition coefficient (Wildman–Crippen LogP) is 9.13. The van der Waals surface area contributed by atoms with Gasteiger partial charge in [-0.25, -0.2) is 0 Å². The third-order valence-corrected chi connectivity index (χ3v) is 7.83. The van der Waals surface area contributed by atoms with Gasteiger partial charge in [0.15, 0.2) is 11.6 Å². The van der Waals surface area contributed by atoms with E-state index in [1.165, 1.54) is 64.2 Å². The summed E-state index contributed by atoms with van der Waals surface area (Å²) in [5.74, 6) is 1.23. The van der Waals surface area contributed by atoms with E-state index in [1.54, 1.807) is 0 Å². The van der Waals surface area contributed by atoms with E-state index in [2.05, 4.69) is 50.3 Å². The summed E-state index contributed by atoms with van der Waals surface area (Å²) in [7, 11) is 0. The number of allylic oxidation sites excluding steroid dienone is 2. The highest BCUT2D eigenvalue weighted by Crippen LogP contribution is 2.33. The molecule has 2 nitrogen and oxygen atoms in total. The second-order valence-corrected chi connectivity index (χ2v) is 10.6. The third kappa shape index (κ3) is 8.07. The van der Waals surface area contributed by atoms with Gasteiger partial charge >= 0.3 is 0 Å². The van der Waals surface area contributed by atoms with Crippen molar-refractivity contribution in [3.8, 4) is 0 Å². The zero-order valence-corrected chi connectivity index (χ0v) is 21.7. The van der Waals surface area contributed by atoms with Crippen molar-refractivity contribution in [2.24, 2.45) is 11.8 Å². The first kappa shape index (κ1) is 26.6. The molecule has 0 heterocycles. The van der Waals surface area contributed by atoms with Crippen molar-refractivity contribution in [1.29, 1.82) is 0 Å². The number of benzene rings is 1. The molecule has 2 heteroatoms. The molecule has 0 N–H and O–H groups in total. The largest absolute Gasteiger partial charge is 0.294 e. The molecule has 2 saturated carbocycles. The van der Waals surface area contributed by atoms with Crippen molar-refractivity contribution in [1.82, 2.24) is 0 Å². The van der Waals surface area contributed by atoms with Crippen LogP contribution in [-0.2, 0) is 9.59 Å². The molecule has 0 amide bonds. The summed E-state index contributed by atoms with van der Waals surface area (Å²) in [6.07, 6.45) is 22.8. The van der Waals surface area contributed by atoms with E-state index in [4.69, 9.17) is 0 Å². The molecule has 0 aliphatic heterocycles. The summed E-state index contributed by atoms with van der Waals surface area (Å²) >= 11 is 0. The van der Waals surface area contributed by atoms with Crippen molar-refractivity contribution in [2.45, 2.75) is 117 Å². The molecule has 186 valence electrons. The van der Waals surface area contributed by atoms with E-state index in [9.17, 15) is 9.59 Å². The summed E-state index contributed by atoms with van der Waals surface area (Å²) in [5.41, 5.74) is 4.18. The Labute approximate surface area is 208 Å². The van der Waals surface area contributed by atoms with E-state index in [0.29, 0.717) is 11.6 Å². The SMILES string of the molecule is CCCCCCCC1CCC(=Cc2ccc(C=C3CCC(CCCCCCC)C3=O)cc2)C1=O. The van der Waals surface area contributed by atoms with Gasteiger partial charge in [0.1, 0.15) is 0 Å². The summed E-state index contributed by atoms with van der Waals surface area (Å²) in [6, 6.07) is 8.37. The van der Waals surface area contributed by atoms with Gasteiger partial charge < -0.3 is 0 Å². The van der Waals surface area contributed by atoms with Crippen LogP contribution in [0.5, 0.6) is 0 Å². The molecule has 0 saturated heterocycles. The zero-order valence-electron chi connectivity index (χ0n) is 21.7. The van der Waals surface area contributed by atoms with E-state index in [1.807, 2.05) is 0 Å². The van der Waals surface area contributed by atoms with Crippen molar-refractivity contribution >= 4 is 23.7 Å². The Balaban J connectivity index is 1.48. The summed E-state index contributed by atoms with van der Waals surface area (Å²) < 4.78 is 0. The van der Waals surface area contributed by atoms with Gasteiger partial charge in [-0.05, 0) is 73.0 Å². The van der Waals surface area contributed by atoms with Gasteiger partial charge in [-0.2, -0.15) is 0 Å². The molecular formula is C32H46O2. The fourth-order valence-electron chi connectivity index (χ4n) is 5.61. The minimum Gasteiger partial charge on any atom is -0.294 e. The molecule has 2 fully saturated rings. The molecule has 2 unspecified atom stereocenters. The lowest BCUT2D eigenvalue weighted by atomic mass is 9.97. The number of rotatable bonds is 14. The Morgan fingerprint density at radius 3 is 1.38 bits per heavy atom. The number of carbonyl (C=O) groups is 2. The molecule has 2 aliphatic carbocycles. The van der Waals surface area contributed by atoms with Gasteiger partial charge in [0.05, 0.1) is 0 Å². The minimum absolute atomic E-state index is 0.241. The first-order chi connectivity index (χ1) is 16.6. The Hall–Kier alpha value is -1.96. The number of unbranched alkanes of at least 4 members (excludes halogenated alkanes) is 8. The van der Waals surface area contributed by atoms with E-state index < -0.39 is 0 Å². The van der Waals surface area contributed by atoms with Crippen LogP contribution in [0.25, 0.3) is 12.2 Å². The van der Waals surface area contributed by atoms with Crippen LogP contribution in [0.2, 0.25) is 0 Å². The maximum absolute atomic E-state index is 12.8. The Morgan fingerprint density at radius 2 is 1.00 bits per heavy atom. The highest BCUT2D eigenvalue weighted by molar-refractivity contribution is 6.03. The van der Waals surface area contributed by atoms with Crippen LogP contribution in [0.4, 0.5) is 0 Å². The molecule has 2 atom stereocenters. The van der Waals surface area contributed by atoms with Gasteiger partial charge in [-0.15, -0.1) is 0 Å². The van der Waals surface area contributed by atoms with Gasteiger partial charge in [-0.3, -0.25) is 9.59 Å². The molecule has 0 radical (unpaired) electrons. The fourth-order valence-corrected chi connectivity index (χ4v) is 5.61. The predicted molar refractivity (Wildman–Crippen MR) is 145 cm³/mol. The molecule has 34 heavy (non-hydrogen) atoms. The third-order valence-electron chi connectivity index (χ3n) is 7.83. The normalized spacial score (nSPS) is 23.0. The van der Waals surface area contributed by atoms with Crippen LogP contribution in [-0.4, -0.2) is 11.6 Å². The Morgan fingerprint density at radius 1 is 0.618 bits per heavy atom. The van der Waals surface area contributed by atoms with Crippen LogP contribution < -0.4 is 0 Å². The molecular weight excluding hydrogens is 416 g/mol. The maximum Gasteiger partial charge on any atom is 0.161 e. The van der Waals surface area contributed by atoms with Crippen LogP contribution in [0.3, 0.4) is 0 Å². The molecule has 3 rings (SSSR count). The Bertz CT molecular complexity index is 771. The topological polar surface area (TPSA) is 34.1 Å². The number of carbonyl (C=O) groups excluding carboxylic acids is 2. The van der Waals surface area contributed by atoms with Gasteiger partial charge in [0, 0.05) is 11.8 Å². The molecule has 0 aromatic heterocycles. The quantitative estimate of drug-likeness (QED) is 0.204. The average Bonchev–Trinajstić information content (AvgIpc) is 3.37. The average molecular weight is 463 g/mol.